The van der Waals surface area contributed by atoms with E-state index >= 15 is 0 Å². The summed E-state index contributed by atoms with van der Waals surface area (Å²) in [5.41, 5.74) is 2.58. The minimum atomic E-state index is -0.481. The van der Waals surface area contributed by atoms with Gasteiger partial charge in [0.2, 0.25) is 5.91 Å². The molecule has 3 N–H and O–H groups in total. The standard InChI is InChI=1S/C14H19N3O2/c1-9(13(18)17-14(19)15-2)16-12-8-7-10-5-3-4-6-11(10)12/h3-6,9,12,16H,7-8H2,1-2H3,(H2,15,17,18,19). The molecule has 0 spiro atoms. The molecule has 0 aromatic heterocycles. The predicted molar refractivity (Wildman–Crippen MR) is 72.7 cm³/mol. The van der Waals surface area contributed by atoms with Gasteiger partial charge in [-0.3, -0.25) is 15.4 Å². The number of urea groups is 1. The van der Waals surface area contributed by atoms with Crippen molar-refractivity contribution in [3.05, 3.63) is 35.4 Å². The van der Waals surface area contributed by atoms with Crippen LogP contribution in [0.1, 0.15) is 30.5 Å². The average Bonchev–Trinajstić information content (AvgIpc) is 2.82. The molecule has 0 aliphatic heterocycles. The van der Waals surface area contributed by atoms with Gasteiger partial charge in [0.05, 0.1) is 6.04 Å². The van der Waals surface area contributed by atoms with Crippen LogP contribution in [-0.2, 0) is 11.2 Å². The highest BCUT2D eigenvalue weighted by atomic mass is 16.2. The van der Waals surface area contributed by atoms with E-state index in [9.17, 15) is 9.59 Å². The lowest BCUT2D eigenvalue weighted by molar-refractivity contribution is -0.121. The van der Waals surface area contributed by atoms with Crippen LogP contribution in [0.2, 0.25) is 0 Å². The number of hydrogen-bond acceptors (Lipinski definition) is 3. The fourth-order valence-corrected chi connectivity index (χ4v) is 2.39. The molecular formula is C14H19N3O2. The maximum Gasteiger partial charge on any atom is 0.321 e. The lowest BCUT2D eigenvalue weighted by Crippen LogP contribution is -2.47. The van der Waals surface area contributed by atoms with Crippen molar-refractivity contribution in [2.45, 2.75) is 31.8 Å². The molecule has 0 radical (unpaired) electrons. The third kappa shape index (κ3) is 3.12. The second-order valence-corrected chi connectivity index (χ2v) is 4.75. The highest BCUT2D eigenvalue weighted by Gasteiger charge is 2.25. The van der Waals surface area contributed by atoms with Gasteiger partial charge in [0.1, 0.15) is 0 Å². The molecule has 2 unspecified atom stereocenters. The van der Waals surface area contributed by atoms with Gasteiger partial charge in [-0.15, -0.1) is 0 Å². The van der Waals surface area contributed by atoms with Crippen molar-refractivity contribution in [1.29, 1.82) is 0 Å². The molecule has 5 nitrogen and oxygen atoms in total. The van der Waals surface area contributed by atoms with E-state index < -0.39 is 12.1 Å². The molecule has 1 aromatic carbocycles. The Morgan fingerprint density at radius 3 is 2.79 bits per heavy atom. The lowest BCUT2D eigenvalue weighted by Gasteiger charge is -2.19. The van der Waals surface area contributed by atoms with E-state index in [-0.39, 0.29) is 11.9 Å². The van der Waals surface area contributed by atoms with E-state index in [1.165, 1.54) is 18.2 Å². The Labute approximate surface area is 112 Å². The Bertz CT molecular complexity index is 487. The molecule has 1 aromatic rings. The normalized spacial score (nSPS) is 18.5. The second kappa shape index (κ2) is 5.84. The molecule has 102 valence electrons. The van der Waals surface area contributed by atoms with Gasteiger partial charge in [-0.1, -0.05) is 24.3 Å². The molecule has 2 atom stereocenters. The van der Waals surface area contributed by atoms with Crippen molar-refractivity contribution >= 4 is 11.9 Å². The van der Waals surface area contributed by atoms with Gasteiger partial charge in [-0.2, -0.15) is 0 Å². The van der Waals surface area contributed by atoms with Gasteiger partial charge < -0.3 is 5.32 Å². The average molecular weight is 261 g/mol. The first-order valence-electron chi connectivity index (χ1n) is 6.48. The molecule has 0 saturated carbocycles. The fourth-order valence-electron chi connectivity index (χ4n) is 2.39. The third-order valence-electron chi connectivity index (χ3n) is 3.44. The number of imide groups is 1. The van der Waals surface area contributed by atoms with Crippen molar-refractivity contribution in [2.24, 2.45) is 0 Å². The van der Waals surface area contributed by atoms with E-state index in [0.717, 1.165) is 12.8 Å². The SMILES string of the molecule is CNC(=O)NC(=O)C(C)NC1CCc2ccccc21. The zero-order valence-corrected chi connectivity index (χ0v) is 11.2. The van der Waals surface area contributed by atoms with Gasteiger partial charge in [0, 0.05) is 13.1 Å². The van der Waals surface area contributed by atoms with Gasteiger partial charge in [-0.05, 0) is 30.9 Å². The van der Waals surface area contributed by atoms with Crippen molar-refractivity contribution in [2.75, 3.05) is 7.05 Å². The van der Waals surface area contributed by atoms with Crippen LogP contribution in [0.15, 0.2) is 24.3 Å². The first-order valence-corrected chi connectivity index (χ1v) is 6.48. The second-order valence-electron chi connectivity index (χ2n) is 4.75. The highest BCUT2D eigenvalue weighted by Crippen LogP contribution is 2.30. The maximum absolute atomic E-state index is 11.8. The number of carbonyl (C=O) groups is 2. The Morgan fingerprint density at radius 2 is 2.05 bits per heavy atom. The number of hydrogen-bond donors (Lipinski definition) is 3. The molecule has 0 fully saturated rings. The quantitative estimate of drug-likeness (QED) is 0.763. The molecule has 0 saturated heterocycles. The maximum atomic E-state index is 11.8. The van der Waals surface area contributed by atoms with Crippen LogP contribution in [-0.4, -0.2) is 25.0 Å². The summed E-state index contributed by atoms with van der Waals surface area (Å²) < 4.78 is 0. The van der Waals surface area contributed by atoms with Crippen LogP contribution in [0.4, 0.5) is 4.79 Å². The van der Waals surface area contributed by atoms with E-state index in [2.05, 4.69) is 28.1 Å². The fraction of sp³-hybridized carbons (Fsp3) is 0.429. The van der Waals surface area contributed by atoms with Crippen molar-refractivity contribution in [3.63, 3.8) is 0 Å². The zero-order chi connectivity index (χ0) is 13.8. The first kappa shape index (κ1) is 13.5. The molecule has 19 heavy (non-hydrogen) atoms. The number of amides is 3. The van der Waals surface area contributed by atoms with Crippen molar-refractivity contribution in [3.8, 4) is 0 Å². The Hall–Kier alpha value is -1.88. The number of nitrogens with one attached hydrogen (secondary N) is 3. The molecular weight excluding hydrogens is 242 g/mol. The van der Waals surface area contributed by atoms with Crippen LogP contribution in [0.5, 0.6) is 0 Å². The Balaban J connectivity index is 1.95. The Kier molecular flexibility index (Phi) is 4.16. The molecule has 3 amide bonds. The summed E-state index contributed by atoms with van der Waals surface area (Å²) in [7, 11) is 1.48. The van der Waals surface area contributed by atoms with Gasteiger partial charge in [0.15, 0.2) is 0 Å². The van der Waals surface area contributed by atoms with E-state index in [0.29, 0.717) is 0 Å². The minimum Gasteiger partial charge on any atom is -0.341 e. The van der Waals surface area contributed by atoms with E-state index in [4.69, 9.17) is 0 Å². The minimum absolute atomic E-state index is 0.182. The van der Waals surface area contributed by atoms with Crippen LogP contribution in [0, 0.1) is 0 Å². The van der Waals surface area contributed by atoms with E-state index in [1.54, 1.807) is 6.92 Å². The van der Waals surface area contributed by atoms with Crippen LogP contribution < -0.4 is 16.0 Å². The monoisotopic (exact) mass is 261 g/mol. The first-order chi connectivity index (χ1) is 9.11. The predicted octanol–water partition coefficient (Wildman–Crippen LogP) is 1.11. The Morgan fingerprint density at radius 1 is 1.32 bits per heavy atom. The van der Waals surface area contributed by atoms with Crippen LogP contribution in [0.25, 0.3) is 0 Å². The highest BCUT2D eigenvalue weighted by molar-refractivity contribution is 5.96. The third-order valence-corrected chi connectivity index (χ3v) is 3.44. The lowest BCUT2D eigenvalue weighted by atomic mass is 10.1. The van der Waals surface area contributed by atoms with Gasteiger partial charge in [0.25, 0.3) is 0 Å². The number of fused-ring (bicyclic) bond motifs is 1. The summed E-state index contributed by atoms with van der Waals surface area (Å²) in [5.74, 6) is -0.316. The van der Waals surface area contributed by atoms with Gasteiger partial charge in [-0.25, -0.2) is 4.79 Å². The zero-order valence-electron chi connectivity index (χ0n) is 11.2. The largest absolute Gasteiger partial charge is 0.341 e. The number of benzene rings is 1. The van der Waals surface area contributed by atoms with Crippen LogP contribution in [0.3, 0.4) is 0 Å². The molecule has 0 bridgehead atoms. The molecule has 5 heteroatoms. The number of aryl methyl sites for hydroxylation is 1. The molecule has 2 rings (SSSR count). The van der Waals surface area contributed by atoms with Gasteiger partial charge >= 0.3 is 6.03 Å². The molecule has 0 heterocycles. The smallest absolute Gasteiger partial charge is 0.321 e. The summed E-state index contributed by atoms with van der Waals surface area (Å²) >= 11 is 0. The summed E-state index contributed by atoms with van der Waals surface area (Å²) in [4.78, 5) is 22.9. The molecule has 1 aliphatic rings. The summed E-state index contributed by atoms with van der Waals surface area (Å²) in [5, 5.41) is 7.91. The molecule has 1 aliphatic carbocycles. The number of rotatable bonds is 3. The van der Waals surface area contributed by atoms with Crippen LogP contribution >= 0.6 is 0 Å². The summed E-state index contributed by atoms with van der Waals surface area (Å²) in [6, 6.07) is 7.53. The van der Waals surface area contributed by atoms with E-state index in [1.807, 2.05) is 12.1 Å². The van der Waals surface area contributed by atoms with Crippen molar-refractivity contribution in [1.82, 2.24) is 16.0 Å². The summed E-state index contributed by atoms with van der Waals surface area (Å²) in [6.45, 7) is 1.76. The summed E-state index contributed by atoms with van der Waals surface area (Å²) in [6.07, 6.45) is 2.01. The topological polar surface area (TPSA) is 70.2 Å². The van der Waals surface area contributed by atoms with Crippen molar-refractivity contribution < 1.29 is 9.59 Å². The number of carbonyl (C=O) groups excluding carboxylic acids is 2.